The number of carbonyl (C=O) groups excluding carboxylic acids is 1. The Hall–Kier alpha value is -1.84. The lowest BCUT2D eigenvalue weighted by molar-refractivity contribution is -0.119. The number of nitrogens with zero attached hydrogens (tertiary/aromatic N) is 1. The molecular weight excluding hydrogens is 430 g/mol. The van der Waals surface area contributed by atoms with E-state index in [1.54, 1.807) is 12.1 Å². The van der Waals surface area contributed by atoms with Gasteiger partial charge in [0, 0.05) is 22.8 Å². The van der Waals surface area contributed by atoms with Gasteiger partial charge in [-0.1, -0.05) is 15.9 Å². The Morgan fingerprint density at radius 2 is 1.81 bits per heavy atom. The van der Waals surface area contributed by atoms with Crippen LogP contribution in [0.1, 0.15) is 12.8 Å². The molecule has 2 aromatic rings. The second-order valence-electron chi connectivity index (χ2n) is 5.85. The van der Waals surface area contributed by atoms with Crippen LogP contribution in [0.15, 0.2) is 51.8 Å². The lowest BCUT2D eigenvalue weighted by Gasteiger charge is -2.23. The van der Waals surface area contributed by atoms with Gasteiger partial charge in [0.15, 0.2) is 11.6 Å². The molecule has 0 spiro atoms. The quantitative estimate of drug-likeness (QED) is 0.784. The van der Waals surface area contributed by atoms with Crippen molar-refractivity contribution in [1.29, 1.82) is 0 Å². The minimum Gasteiger partial charge on any atom is -0.325 e. The van der Waals surface area contributed by atoms with Crippen molar-refractivity contribution in [2.45, 2.75) is 23.8 Å². The number of benzene rings is 2. The van der Waals surface area contributed by atoms with E-state index in [1.165, 1.54) is 18.2 Å². The molecule has 138 valence electrons. The molecule has 5 nitrogen and oxygen atoms in total. The van der Waals surface area contributed by atoms with Crippen molar-refractivity contribution in [1.82, 2.24) is 4.31 Å². The zero-order valence-corrected chi connectivity index (χ0v) is 15.9. The molecule has 0 radical (unpaired) electrons. The summed E-state index contributed by atoms with van der Waals surface area (Å²) < 4.78 is 53.8. The summed E-state index contributed by atoms with van der Waals surface area (Å²) in [6, 6.07) is 8.21. The van der Waals surface area contributed by atoms with Crippen molar-refractivity contribution in [2.24, 2.45) is 0 Å². The van der Waals surface area contributed by atoms with Gasteiger partial charge in [0.25, 0.3) is 0 Å². The maximum atomic E-state index is 13.3. The number of rotatable bonds is 4. The van der Waals surface area contributed by atoms with E-state index < -0.39 is 33.6 Å². The summed E-state index contributed by atoms with van der Waals surface area (Å²) in [7, 11) is -3.84. The summed E-state index contributed by atoms with van der Waals surface area (Å²) in [4.78, 5) is 12.6. The standard InChI is InChI=1S/C17H15BrF2N2O3S/c18-11-3-6-13(7-4-11)26(24,25)22-9-1-2-16(22)17(23)21-12-5-8-14(19)15(20)10-12/h3-8,10,16H,1-2,9H2,(H,21,23)/t16-/m0/s1. The Bertz CT molecular complexity index is 936. The van der Waals surface area contributed by atoms with Crippen LogP contribution in [0.2, 0.25) is 0 Å². The fourth-order valence-electron chi connectivity index (χ4n) is 2.83. The third-order valence-corrected chi connectivity index (χ3v) is 6.56. The summed E-state index contributed by atoms with van der Waals surface area (Å²) in [5, 5.41) is 2.46. The second kappa shape index (κ2) is 7.42. The number of nitrogens with one attached hydrogen (secondary N) is 1. The van der Waals surface area contributed by atoms with Crippen molar-refractivity contribution in [3.63, 3.8) is 0 Å². The van der Waals surface area contributed by atoms with E-state index >= 15 is 0 Å². The van der Waals surface area contributed by atoms with Crippen LogP contribution in [0.4, 0.5) is 14.5 Å². The Labute approximate surface area is 158 Å². The molecule has 1 amide bonds. The first-order valence-corrected chi connectivity index (χ1v) is 10.1. The van der Waals surface area contributed by atoms with Gasteiger partial charge in [-0.25, -0.2) is 17.2 Å². The minimum absolute atomic E-state index is 0.0711. The average molecular weight is 445 g/mol. The third-order valence-electron chi connectivity index (χ3n) is 4.11. The van der Waals surface area contributed by atoms with Crippen molar-refractivity contribution in [2.75, 3.05) is 11.9 Å². The van der Waals surface area contributed by atoms with E-state index in [1.807, 2.05) is 0 Å². The molecule has 1 fully saturated rings. The number of amides is 1. The third kappa shape index (κ3) is 3.79. The van der Waals surface area contributed by atoms with Crippen LogP contribution >= 0.6 is 15.9 Å². The van der Waals surface area contributed by atoms with E-state index in [4.69, 9.17) is 0 Å². The van der Waals surface area contributed by atoms with Gasteiger partial charge in [-0.15, -0.1) is 0 Å². The van der Waals surface area contributed by atoms with Gasteiger partial charge >= 0.3 is 0 Å². The van der Waals surface area contributed by atoms with E-state index in [0.717, 1.165) is 20.9 Å². The van der Waals surface area contributed by atoms with Gasteiger partial charge in [-0.3, -0.25) is 4.79 Å². The fraction of sp³-hybridized carbons (Fsp3) is 0.235. The van der Waals surface area contributed by atoms with Crippen molar-refractivity contribution in [3.05, 3.63) is 58.6 Å². The molecule has 0 unspecified atom stereocenters. The summed E-state index contributed by atoms with van der Waals surface area (Å²) >= 11 is 3.25. The average Bonchev–Trinajstić information content (AvgIpc) is 3.09. The molecule has 26 heavy (non-hydrogen) atoms. The summed E-state index contributed by atoms with van der Waals surface area (Å²) in [6.07, 6.45) is 0.886. The van der Waals surface area contributed by atoms with Gasteiger partial charge in [0.1, 0.15) is 6.04 Å². The molecule has 1 atom stereocenters. The molecular formula is C17H15BrF2N2O3S. The van der Waals surface area contributed by atoms with Crippen LogP contribution in [-0.4, -0.2) is 31.2 Å². The van der Waals surface area contributed by atoms with Crippen LogP contribution in [0, 0.1) is 11.6 Å². The topological polar surface area (TPSA) is 66.5 Å². The zero-order chi connectivity index (χ0) is 18.9. The van der Waals surface area contributed by atoms with Gasteiger partial charge in [0.05, 0.1) is 4.90 Å². The van der Waals surface area contributed by atoms with E-state index in [0.29, 0.717) is 12.8 Å². The van der Waals surface area contributed by atoms with Gasteiger partial charge < -0.3 is 5.32 Å². The van der Waals surface area contributed by atoms with Crippen LogP contribution in [0.5, 0.6) is 0 Å². The van der Waals surface area contributed by atoms with Crippen LogP contribution < -0.4 is 5.32 Å². The number of anilines is 1. The molecule has 2 aromatic carbocycles. The number of sulfonamides is 1. The SMILES string of the molecule is O=C(Nc1ccc(F)c(F)c1)[C@@H]1CCCN1S(=O)(=O)c1ccc(Br)cc1. The zero-order valence-electron chi connectivity index (χ0n) is 13.5. The van der Waals surface area contributed by atoms with Gasteiger partial charge in [0.2, 0.25) is 15.9 Å². The maximum Gasteiger partial charge on any atom is 0.243 e. The number of carbonyl (C=O) groups is 1. The first-order valence-electron chi connectivity index (χ1n) is 7.82. The molecule has 1 aliphatic heterocycles. The molecule has 0 aromatic heterocycles. The molecule has 1 saturated heterocycles. The highest BCUT2D eigenvalue weighted by atomic mass is 79.9. The van der Waals surface area contributed by atoms with E-state index in [9.17, 15) is 22.0 Å². The minimum atomic E-state index is -3.84. The summed E-state index contributed by atoms with van der Waals surface area (Å²) in [6.45, 7) is 0.217. The molecule has 3 rings (SSSR count). The normalized spacial score (nSPS) is 18.0. The summed E-state index contributed by atoms with van der Waals surface area (Å²) in [5.41, 5.74) is 0.0711. The fourth-order valence-corrected chi connectivity index (χ4v) is 4.75. The predicted octanol–water partition coefficient (Wildman–Crippen LogP) is 3.52. The van der Waals surface area contributed by atoms with Gasteiger partial charge in [-0.05, 0) is 49.2 Å². The number of hydrogen-bond acceptors (Lipinski definition) is 3. The van der Waals surface area contributed by atoms with Crippen molar-refractivity contribution < 1.29 is 22.0 Å². The monoisotopic (exact) mass is 444 g/mol. The Morgan fingerprint density at radius 1 is 1.12 bits per heavy atom. The highest BCUT2D eigenvalue weighted by Gasteiger charge is 2.39. The molecule has 1 N–H and O–H groups in total. The molecule has 1 heterocycles. The van der Waals surface area contributed by atoms with Crippen molar-refractivity contribution >= 4 is 37.5 Å². The van der Waals surface area contributed by atoms with Crippen molar-refractivity contribution in [3.8, 4) is 0 Å². The highest BCUT2D eigenvalue weighted by molar-refractivity contribution is 9.10. The molecule has 1 aliphatic rings. The molecule has 9 heteroatoms. The van der Waals surface area contributed by atoms with E-state index in [2.05, 4.69) is 21.2 Å². The maximum absolute atomic E-state index is 13.3. The first-order chi connectivity index (χ1) is 12.3. The Morgan fingerprint density at radius 3 is 2.46 bits per heavy atom. The lowest BCUT2D eigenvalue weighted by atomic mass is 10.2. The largest absolute Gasteiger partial charge is 0.325 e. The van der Waals surface area contributed by atoms with Crippen LogP contribution in [0.25, 0.3) is 0 Å². The first kappa shape index (κ1) is 18.9. The molecule has 0 aliphatic carbocycles. The second-order valence-corrected chi connectivity index (χ2v) is 8.65. The molecule has 0 saturated carbocycles. The summed E-state index contributed by atoms with van der Waals surface area (Å²) in [5.74, 6) is -2.69. The molecule has 0 bridgehead atoms. The number of halogens is 3. The predicted molar refractivity (Wildman–Crippen MR) is 96.0 cm³/mol. The smallest absolute Gasteiger partial charge is 0.243 e. The van der Waals surface area contributed by atoms with Crippen LogP contribution in [-0.2, 0) is 14.8 Å². The van der Waals surface area contributed by atoms with Gasteiger partial charge in [-0.2, -0.15) is 4.31 Å². The Balaban J connectivity index is 1.81. The van der Waals surface area contributed by atoms with Crippen LogP contribution in [0.3, 0.4) is 0 Å². The number of hydrogen-bond donors (Lipinski definition) is 1. The van der Waals surface area contributed by atoms with E-state index in [-0.39, 0.29) is 17.1 Å². The highest BCUT2D eigenvalue weighted by Crippen LogP contribution is 2.28. The Kier molecular flexibility index (Phi) is 5.40. The lowest BCUT2D eigenvalue weighted by Crippen LogP contribution is -2.43.